The first-order valence-corrected chi connectivity index (χ1v) is 9.31. The topological polar surface area (TPSA) is 77.8 Å². The number of hydrogen-bond acceptors (Lipinski definition) is 4. The van der Waals surface area contributed by atoms with Crippen LogP contribution in [0.5, 0.6) is 0 Å². The molecule has 0 atom stereocenters. The fourth-order valence-corrected chi connectivity index (χ4v) is 4.92. The highest BCUT2D eigenvalue weighted by molar-refractivity contribution is 7.62. The number of para-hydroxylation sites is 1. The normalized spacial score (nSPS) is 11.7. The zero-order valence-electron chi connectivity index (χ0n) is 14.3. The highest BCUT2D eigenvalue weighted by atomic mass is 31.2. The summed E-state index contributed by atoms with van der Waals surface area (Å²) in [5.41, 5.74) is 1.80. The van der Waals surface area contributed by atoms with Crippen LogP contribution in [0.1, 0.15) is 35.6 Å². The van der Waals surface area contributed by atoms with Gasteiger partial charge in [0, 0.05) is 17.1 Å². The molecule has 1 aromatic carbocycles. The minimum atomic E-state index is -3.73. The molecule has 0 aliphatic rings. The van der Waals surface area contributed by atoms with Gasteiger partial charge in [-0.2, -0.15) is 0 Å². The van der Waals surface area contributed by atoms with E-state index >= 15 is 0 Å². The molecule has 1 N–H and O–H groups in total. The van der Waals surface area contributed by atoms with Crippen molar-refractivity contribution in [2.45, 2.75) is 27.7 Å². The zero-order chi connectivity index (χ0) is 17.9. The Morgan fingerprint density at radius 3 is 2.08 bits per heavy atom. The fraction of sp³-hybridized carbons (Fsp3) is 0.353. The zero-order valence-corrected chi connectivity index (χ0v) is 15.2. The van der Waals surface area contributed by atoms with E-state index in [-0.39, 0.29) is 24.1 Å². The Kier molecular flexibility index (Phi) is 5.65. The number of nitrogens with zero attached hydrogens (tertiary/aromatic N) is 1. The van der Waals surface area contributed by atoms with E-state index in [1.54, 1.807) is 32.3 Å². The molecule has 0 bridgehead atoms. The van der Waals surface area contributed by atoms with Crippen molar-refractivity contribution in [3.05, 3.63) is 47.3 Å². The lowest BCUT2D eigenvalue weighted by atomic mass is 10.2. The van der Waals surface area contributed by atoms with E-state index in [9.17, 15) is 14.5 Å². The minimum Gasteiger partial charge on any atom is -0.478 e. The van der Waals surface area contributed by atoms with Crippen molar-refractivity contribution in [3.63, 3.8) is 0 Å². The highest BCUT2D eigenvalue weighted by Crippen LogP contribution is 2.49. The Morgan fingerprint density at radius 2 is 1.62 bits per heavy atom. The summed E-state index contributed by atoms with van der Waals surface area (Å²) in [6.07, 6.45) is 0. The Morgan fingerprint density at radius 1 is 1.08 bits per heavy atom. The number of aromatic nitrogens is 1. The molecular formula is C17H22NO5P. The summed E-state index contributed by atoms with van der Waals surface area (Å²) in [6, 6.07) is 9.32. The number of aromatic carboxylic acids is 1. The monoisotopic (exact) mass is 351 g/mol. The maximum Gasteiger partial charge on any atom is 0.364 e. The van der Waals surface area contributed by atoms with Crippen molar-refractivity contribution in [3.8, 4) is 5.69 Å². The van der Waals surface area contributed by atoms with Gasteiger partial charge < -0.3 is 18.7 Å². The second kappa shape index (κ2) is 7.34. The van der Waals surface area contributed by atoms with E-state index in [1.807, 2.05) is 30.3 Å². The summed E-state index contributed by atoms with van der Waals surface area (Å²) < 4.78 is 25.8. The third kappa shape index (κ3) is 3.18. The van der Waals surface area contributed by atoms with Gasteiger partial charge in [0.15, 0.2) is 0 Å². The SMILES string of the molecule is CCOP(=O)(OCC)c1c(C(=O)O)c(C)n(-c2ccccc2)c1C. The molecule has 0 saturated carbocycles. The largest absolute Gasteiger partial charge is 0.478 e. The summed E-state index contributed by atoms with van der Waals surface area (Å²) >= 11 is 0. The molecule has 2 rings (SSSR count). The molecule has 6 nitrogen and oxygen atoms in total. The smallest absolute Gasteiger partial charge is 0.364 e. The van der Waals surface area contributed by atoms with Crippen molar-refractivity contribution >= 4 is 18.9 Å². The first-order valence-electron chi connectivity index (χ1n) is 7.77. The van der Waals surface area contributed by atoms with Crippen LogP contribution < -0.4 is 5.30 Å². The molecule has 0 saturated heterocycles. The van der Waals surface area contributed by atoms with Gasteiger partial charge in [0.1, 0.15) is 0 Å². The Balaban J connectivity index is 2.81. The number of carboxylic acids is 1. The number of carbonyl (C=O) groups is 1. The van der Waals surface area contributed by atoms with Crippen molar-refractivity contribution in [1.29, 1.82) is 0 Å². The fourth-order valence-electron chi connectivity index (χ4n) is 2.88. The maximum absolute atomic E-state index is 13.2. The molecule has 1 aromatic heterocycles. The molecule has 0 aliphatic heterocycles. The number of hydrogen-bond donors (Lipinski definition) is 1. The van der Waals surface area contributed by atoms with Crippen LogP contribution in [0.3, 0.4) is 0 Å². The van der Waals surface area contributed by atoms with Crippen LogP contribution in [0.15, 0.2) is 30.3 Å². The lowest BCUT2D eigenvalue weighted by molar-refractivity contribution is 0.0696. The molecule has 130 valence electrons. The molecule has 1 heterocycles. The average Bonchev–Trinajstić information content (AvgIpc) is 2.80. The molecule has 0 aliphatic carbocycles. The molecule has 24 heavy (non-hydrogen) atoms. The van der Waals surface area contributed by atoms with Crippen LogP contribution >= 0.6 is 7.60 Å². The van der Waals surface area contributed by atoms with E-state index in [0.29, 0.717) is 11.4 Å². The van der Waals surface area contributed by atoms with E-state index in [1.165, 1.54) is 0 Å². The number of carboxylic acid groups (broad SMARTS) is 1. The van der Waals surface area contributed by atoms with Gasteiger partial charge in [-0.25, -0.2) is 4.79 Å². The van der Waals surface area contributed by atoms with Crippen LogP contribution in [0, 0.1) is 13.8 Å². The van der Waals surface area contributed by atoms with Crippen molar-refractivity contribution in [2.24, 2.45) is 0 Å². The summed E-state index contributed by atoms with van der Waals surface area (Å²) in [4.78, 5) is 11.8. The molecule has 0 amide bonds. The van der Waals surface area contributed by atoms with E-state index in [2.05, 4.69) is 0 Å². The lowest BCUT2D eigenvalue weighted by Gasteiger charge is -2.18. The van der Waals surface area contributed by atoms with E-state index < -0.39 is 13.6 Å². The highest BCUT2D eigenvalue weighted by Gasteiger charge is 2.38. The third-order valence-corrected chi connectivity index (χ3v) is 6.00. The summed E-state index contributed by atoms with van der Waals surface area (Å²) in [5.74, 6) is -1.15. The first kappa shape index (κ1) is 18.5. The van der Waals surface area contributed by atoms with Gasteiger partial charge in [-0.05, 0) is 39.8 Å². The van der Waals surface area contributed by atoms with Crippen LogP contribution in [0.4, 0.5) is 0 Å². The van der Waals surface area contributed by atoms with Crippen LogP contribution in [-0.2, 0) is 13.6 Å². The van der Waals surface area contributed by atoms with Crippen molar-refractivity contribution in [2.75, 3.05) is 13.2 Å². The Labute approximate surface area is 141 Å². The molecule has 0 unspecified atom stereocenters. The first-order chi connectivity index (χ1) is 11.4. The Hall–Kier alpha value is -1.88. The van der Waals surface area contributed by atoms with Crippen LogP contribution in [-0.4, -0.2) is 28.9 Å². The molecular weight excluding hydrogens is 329 g/mol. The van der Waals surface area contributed by atoms with E-state index in [4.69, 9.17) is 9.05 Å². The maximum atomic E-state index is 13.2. The standard InChI is InChI=1S/C17H22NO5P/c1-5-22-24(21,23-6-2)16-13(4)18(12(3)15(16)17(19)20)14-10-8-7-9-11-14/h7-11H,5-6H2,1-4H3,(H,19,20). The molecule has 7 heteroatoms. The van der Waals surface area contributed by atoms with Gasteiger partial charge in [0.2, 0.25) is 0 Å². The second-order valence-electron chi connectivity index (χ2n) is 5.20. The predicted molar refractivity (Wildman–Crippen MR) is 92.7 cm³/mol. The van der Waals surface area contributed by atoms with Gasteiger partial charge in [-0.3, -0.25) is 4.57 Å². The number of rotatable bonds is 7. The lowest BCUT2D eigenvalue weighted by Crippen LogP contribution is -2.19. The van der Waals surface area contributed by atoms with Gasteiger partial charge in [0.25, 0.3) is 0 Å². The van der Waals surface area contributed by atoms with Crippen LogP contribution in [0.2, 0.25) is 0 Å². The van der Waals surface area contributed by atoms with Gasteiger partial charge in [-0.1, -0.05) is 18.2 Å². The summed E-state index contributed by atoms with van der Waals surface area (Å²) in [7, 11) is -3.73. The third-order valence-electron chi connectivity index (χ3n) is 3.71. The van der Waals surface area contributed by atoms with Crippen LogP contribution in [0.25, 0.3) is 5.69 Å². The average molecular weight is 351 g/mol. The quantitative estimate of drug-likeness (QED) is 0.770. The summed E-state index contributed by atoms with van der Waals surface area (Å²) in [5, 5.41) is 9.81. The van der Waals surface area contributed by atoms with Gasteiger partial charge >= 0.3 is 13.6 Å². The van der Waals surface area contributed by atoms with Crippen molar-refractivity contribution < 1.29 is 23.5 Å². The molecule has 0 fully saturated rings. The molecule has 0 spiro atoms. The van der Waals surface area contributed by atoms with Gasteiger partial charge in [-0.15, -0.1) is 0 Å². The predicted octanol–water partition coefficient (Wildman–Crippen LogP) is 3.68. The van der Waals surface area contributed by atoms with Gasteiger partial charge in [0.05, 0.1) is 24.1 Å². The molecule has 2 aromatic rings. The minimum absolute atomic E-state index is 0.0263. The number of benzene rings is 1. The van der Waals surface area contributed by atoms with Crippen molar-refractivity contribution in [1.82, 2.24) is 4.57 Å². The molecule has 0 radical (unpaired) electrons. The Bertz CT molecular complexity index is 772. The van der Waals surface area contributed by atoms with E-state index in [0.717, 1.165) is 5.69 Å². The summed E-state index contributed by atoms with van der Waals surface area (Å²) in [6.45, 7) is 7.13. The second-order valence-corrected chi connectivity index (χ2v) is 7.16.